The van der Waals surface area contributed by atoms with Gasteiger partial charge in [0.15, 0.2) is 17.5 Å². The second kappa shape index (κ2) is 9.11. The van der Waals surface area contributed by atoms with Crippen LogP contribution < -0.4 is 0 Å². The first-order chi connectivity index (χ1) is 19.8. The molecule has 1 aromatic heterocycles. The Labute approximate surface area is 231 Å². The summed E-state index contributed by atoms with van der Waals surface area (Å²) in [6.45, 7) is 0. The van der Waals surface area contributed by atoms with E-state index in [9.17, 15) is 0 Å². The zero-order valence-electron chi connectivity index (χ0n) is 21.6. The zero-order chi connectivity index (χ0) is 26.5. The first kappa shape index (κ1) is 22.6. The molecule has 8 aromatic rings. The summed E-state index contributed by atoms with van der Waals surface area (Å²) in [6.07, 6.45) is 0. The fraction of sp³-hybridized carbons (Fsp3) is 0. The molecule has 3 heteroatoms. The van der Waals surface area contributed by atoms with Crippen LogP contribution >= 0.6 is 0 Å². The Balaban J connectivity index is 1.33. The number of aromatic nitrogens is 3. The average molecular weight is 510 g/mol. The van der Waals surface area contributed by atoms with Crippen molar-refractivity contribution in [3.05, 3.63) is 140 Å². The predicted octanol–water partition coefficient (Wildman–Crippen LogP) is 9.49. The van der Waals surface area contributed by atoms with Gasteiger partial charge in [-0.25, -0.2) is 15.0 Å². The first-order valence-corrected chi connectivity index (χ1v) is 13.5. The van der Waals surface area contributed by atoms with E-state index in [0.717, 1.165) is 22.1 Å². The first-order valence-electron chi connectivity index (χ1n) is 13.5. The highest BCUT2D eigenvalue weighted by molar-refractivity contribution is 6.24. The van der Waals surface area contributed by atoms with Gasteiger partial charge >= 0.3 is 0 Å². The molecule has 3 nitrogen and oxygen atoms in total. The normalized spacial score (nSPS) is 11.5. The summed E-state index contributed by atoms with van der Waals surface area (Å²) in [7, 11) is 0. The Morgan fingerprint density at radius 2 is 0.825 bits per heavy atom. The summed E-state index contributed by atoms with van der Waals surface area (Å²) in [5.74, 6) is 2.00. The van der Waals surface area contributed by atoms with Gasteiger partial charge in [-0.05, 0) is 49.2 Å². The van der Waals surface area contributed by atoms with E-state index in [1.165, 1.54) is 37.7 Å². The highest BCUT2D eigenvalue weighted by atomic mass is 15.0. The summed E-state index contributed by atoms with van der Waals surface area (Å²) in [6, 6.07) is 48.7. The van der Waals surface area contributed by atoms with Gasteiger partial charge in [0.25, 0.3) is 0 Å². The lowest BCUT2D eigenvalue weighted by Gasteiger charge is -2.12. The number of fused-ring (bicyclic) bond motifs is 7. The molecule has 0 N–H and O–H groups in total. The highest BCUT2D eigenvalue weighted by Crippen LogP contribution is 2.36. The third-order valence-corrected chi connectivity index (χ3v) is 7.68. The van der Waals surface area contributed by atoms with Crippen LogP contribution in [0.4, 0.5) is 0 Å². The van der Waals surface area contributed by atoms with E-state index < -0.39 is 0 Å². The van der Waals surface area contributed by atoms with Gasteiger partial charge < -0.3 is 0 Å². The zero-order valence-corrected chi connectivity index (χ0v) is 21.6. The Morgan fingerprint density at radius 3 is 1.55 bits per heavy atom. The standard InChI is InChI=1S/C37H23N3/c1-3-10-26(11-4-1)35-38-36(27-12-5-2-6-13-27)40-37(39-35)29-19-20-30-28(23-29)18-22-33-32(30)21-17-25-16-15-24-9-7-8-14-31(24)34(25)33/h1-23H. The number of nitrogens with zero attached hydrogens (tertiary/aromatic N) is 3. The topological polar surface area (TPSA) is 38.7 Å². The minimum absolute atomic E-state index is 0.666. The number of hydrogen-bond donors (Lipinski definition) is 0. The lowest BCUT2D eigenvalue weighted by atomic mass is 9.93. The molecule has 186 valence electrons. The maximum Gasteiger partial charge on any atom is 0.164 e. The Morgan fingerprint density at radius 1 is 0.300 bits per heavy atom. The number of rotatable bonds is 3. The van der Waals surface area contributed by atoms with Gasteiger partial charge in [-0.15, -0.1) is 0 Å². The van der Waals surface area contributed by atoms with Crippen molar-refractivity contribution < 1.29 is 0 Å². The Hall–Kier alpha value is -5.41. The van der Waals surface area contributed by atoms with Crippen LogP contribution in [0.3, 0.4) is 0 Å². The molecular formula is C37H23N3. The van der Waals surface area contributed by atoms with Gasteiger partial charge in [0.1, 0.15) is 0 Å². The molecule has 7 aromatic carbocycles. The molecule has 0 saturated carbocycles. The van der Waals surface area contributed by atoms with E-state index in [4.69, 9.17) is 15.0 Å². The van der Waals surface area contributed by atoms with E-state index in [2.05, 4.69) is 78.9 Å². The van der Waals surface area contributed by atoms with Crippen molar-refractivity contribution in [3.8, 4) is 34.2 Å². The largest absolute Gasteiger partial charge is 0.208 e. The van der Waals surface area contributed by atoms with Crippen LogP contribution in [0.5, 0.6) is 0 Å². The summed E-state index contributed by atoms with van der Waals surface area (Å²) in [5.41, 5.74) is 2.90. The number of benzene rings is 7. The molecule has 0 saturated heterocycles. The molecule has 0 unspecified atom stereocenters. The van der Waals surface area contributed by atoms with Crippen molar-refractivity contribution in [2.24, 2.45) is 0 Å². The fourth-order valence-electron chi connectivity index (χ4n) is 5.73. The number of hydrogen-bond acceptors (Lipinski definition) is 3. The smallest absolute Gasteiger partial charge is 0.164 e. The molecule has 0 amide bonds. The summed E-state index contributed by atoms with van der Waals surface area (Å²) < 4.78 is 0. The average Bonchev–Trinajstić information content (AvgIpc) is 3.04. The summed E-state index contributed by atoms with van der Waals surface area (Å²) >= 11 is 0. The van der Waals surface area contributed by atoms with E-state index in [1.807, 2.05) is 60.7 Å². The second-order valence-corrected chi connectivity index (χ2v) is 10.1. The molecule has 0 aliphatic heterocycles. The summed E-state index contributed by atoms with van der Waals surface area (Å²) in [4.78, 5) is 14.7. The lowest BCUT2D eigenvalue weighted by molar-refractivity contribution is 1.07. The molecule has 0 bridgehead atoms. The van der Waals surface area contributed by atoms with Crippen LogP contribution in [0.2, 0.25) is 0 Å². The fourth-order valence-corrected chi connectivity index (χ4v) is 5.73. The van der Waals surface area contributed by atoms with E-state index in [1.54, 1.807) is 0 Å². The van der Waals surface area contributed by atoms with Crippen LogP contribution in [0.15, 0.2) is 140 Å². The van der Waals surface area contributed by atoms with E-state index in [0.29, 0.717) is 17.5 Å². The molecule has 0 spiro atoms. The van der Waals surface area contributed by atoms with Gasteiger partial charge in [-0.1, -0.05) is 133 Å². The lowest BCUT2D eigenvalue weighted by Crippen LogP contribution is -2.00. The van der Waals surface area contributed by atoms with Crippen LogP contribution in [-0.4, -0.2) is 15.0 Å². The Bertz CT molecular complexity index is 2150. The quantitative estimate of drug-likeness (QED) is 0.223. The molecule has 0 atom stereocenters. The van der Waals surface area contributed by atoms with Crippen molar-refractivity contribution >= 4 is 43.1 Å². The minimum Gasteiger partial charge on any atom is -0.208 e. The van der Waals surface area contributed by atoms with Gasteiger partial charge in [-0.3, -0.25) is 0 Å². The molecule has 0 radical (unpaired) electrons. The molecule has 8 rings (SSSR count). The van der Waals surface area contributed by atoms with Crippen molar-refractivity contribution in [2.45, 2.75) is 0 Å². The van der Waals surface area contributed by atoms with Crippen LogP contribution in [0, 0.1) is 0 Å². The maximum absolute atomic E-state index is 4.92. The van der Waals surface area contributed by atoms with Crippen molar-refractivity contribution in [1.29, 1.82) is 0 Å². The minimum atomic E-state index is 0.666. The van der Waals surface area contributed by atoms with Gasteiger partial charge in [0, 0.05) is 16.7 Å². The van der Waals surface area contributed by atoms with E-state index in [-0.39, 0.29) is 0 Å². The van der Waals surface area contributed by atoms with Crippen LogP contribution in [0.25, 0.3) is 77.3 Å². The van der Waals surface area contributed by atoms with Crippen molar-refractivity contribution in [3.63, 3.8) is 0 Å². The molecule has 0 fully saturated rings. The Kier molecular flexibility index (Phi) is 5.14. The molecule has 40 heavy (non-hydrogen) atoms. The van der Waals surface area contributed by atoms with Gasteiger partial charge in [0.05, 0.1) is 0 Å². The van der Waals surface area contributed by atoms with Crippen LogP contribution in [-0.2, 0) is 0 Å². The molecular weight excluding hydrogens is 486 g/mol. The third kappa shape index (κ3) is 3.71. The summed E-state index contributed by atoms with van der Waals surface area (Å²) in [5, 5.41) is 10.0. The second-order valence-electron chi connectivity index (χ2n) is 10.1. The molecule has 0 aliphatic rings. The molecule has 1 heterocycles. The highest BCUT2D eigenvalue weighted by Gasteiger charge is 2.14. The third-order valence-electron chi connectivity index (χ3n) is 7.68. The maximum atomic E-state index is 4.92. The molecule has 0 aliphatic carbocycles. The van der Waals surface area contributed by atoms with E-state index >= 15 is 0 Å². The monoisotopic (exact) mass is 509 g/mol. The van der Waals surface area contributed by atoms with Crippen LogP contribution in [0.1, 0.15) is 0 Å². The van der Waals surface area contributed by atoms with Gasteiger partial charge in [0.2, 0.25) is 0 Å². The SMILES string of the molecule is c1ccc(-c2nc(-c3ccccc3)nc(-c3ccc4c(ccc5c4ccc4ccc6ccccc6c45)c3)n2)cc1. The van der Waals surface area contributed by atoms with Crippen molar-refractivity contribution in [2.75, 3.05) is 0 Å². The predicted molar refractivity (Wildman–Crippen MR) is 166 cm³/mol. The van der Waals surface area contributed by atoms with Crippen molar-refractivity contribution in [1.82, 2.24) is 15.0 Å². The van der Waals surface area contributed by atoms with Gasteiger partial charge in [-0.2, -0.15) is 0 Å².